The van der Waals surface area contributed by atoms with Crippen LogP contribution in [0.5, 0.6) is 5.75 Å². The fourth-order valence-corrected chi connectivity index (χ4v) is 4.61. The number of halogens is 1. The molecule has 0 radical (unpaired) electrons. The number of nitrogens with one attached hydrogen (secondary N) is 1. The van der Waals surface area contributed by atoms with Crippen LogP contribution in [0.4, 0.5) is 5.00 Å². The number of nitriles is 1. The molecular formula is C19H17ClN2O2S2. The number of carbonyl (C=O) groups excluding carboxylic acids is 1. The average Bonchev–Trinajstić information content (AvgIpc) is 2.62. The number of hydrogen-bond acceptors (Lipinski definition) is 5. The van der Waals surface area contributed by atoms with Crippen LogP contribution in [0.1, 0.15) is 30.0 Å². The summed E-state index contributed by atoms with van der Waals surface area (Å²) in [5.41, 5.74) is 2.60. The predicted molar refractivity (Wildman–Crippen MR) is 107 cm³/mol. The zero-order valence-electron chi connectivity index (χ0n) is 14.2. The number of rotatable bonds is 4. The van der Waals surface area contributed by atoms with Crippen molar-refractivity contribution in [3.8, 4) is 11.8 Å². The van der Waals surface area contributed by atoms with Gasteiger partial charge < -0.3 is 10.1 Å². The molecule has 1 unspecified atom stereocenters. The number of amides is 1. The van der Waals surface area contributed by atoms with Gasteiger partial charge in [0.15, 0.2) is 6.61 Å². The van der Waals surface area contributed by atoms with Gasteiger partial charge in [-0.1, -0.05) is 42.9 Å². The van der Waals surface area contributed by atoms with E-state index in [-0.39, 0.29) is 12.5 Å². The molecule has 0 spiro atoms. The molecule has 7 heteroatoms. The number of para-hydroxylation sites is 1. The highest BCUT2D eigenvalue weighted by Gasteiger charge is 2.23. The van der Waals surface area contributed by atoms with E-state index in [9.17, 15) is 10.1 Å². The first-order chi connectivity index (χ1) is 12.5. The second kappa shape index (κ2) is 8.17. The summed E-state index contributed by atoms with van der Waals surface area (Å²) in [6.45, 7) is 2.00. The molecule has 1 aliphatic carbocycles. The highest BCUT2D eigenvalue weighted by atomic mass is 35.5. The van der Waals surface area contributed by atoms with Crippen LogP contribution in [-0.2, 0) is 17.6 Å². The lowest BCUT2D eigenvalue weighted by Crippen LogP contribution is -2.21. The zero-order valence-corrected chi connectivity index (χ0v) is 16.6. The normalized spacial score (nSPS) is 15.7. The first kappa shape index (κ1) is 18.8. The van der Waals surface area contributed by atoms with Crippen molar-refractivity contribution >= 4 is 46.1 Å². The van der Waals surface area contributed by atoms with E-state index in [2.05, 4.69) is 18.3 Å². The van der Waals surface area contributed by atoms with Gasteiger partial charge in [-0.3, -0.25) is 4.79 Å². The second-order valence-electron chi connectivity index (χ2n) is 6.28. The molecule has 1 aromatic carbocycles. The van der Waals surface area contributed by atoms with Gasteiger partial charge in [0.05, 0.1) is 14.4 Å². The Balaban J connectivity index is 1.78. The average molecular weight is 405 g/mol. The second-order valence-corrected chi connectivity index (χ2v) is 8.37. The molecule has 3 rings (SSSR count). The molecule has 1 heterocycles. The first-order valence-corrected chi connectivity index (χ1v) is 9.86. The predicted octanol–water partition coefficient (Wildman–Crippen LogP) is 5.14. The standard InChI is InChI=1S/C19H17ClN2O2S2/c1-11-6-7-12-13(8-11)19(25)26-18(14(12)9-21)22-17(23)10-24-16-5-3-2-4-15(16)20/h2-5,11H,6-8,10H2,1H3,(H,22,23). The quantitative estimate of drug-likeness (QED) is 0.716. The van der Waals surface area contributed by atoms with Crippen LogP contribution in [0, 0.1) is 21.1 Å². The van der Waals surface area contributed by atoms with Crippen molar-refractivity contribution in [3.05, 3.63) is 49.8 Å². The van der Waals surface area contributed by atoms with Crippen LogP contribution in [0.2, 0.25) is 5.02 Å². The molecule has 1 aliphatic rings. The van der Waals surface area contributed by atoms with Crippen molar-refractivity contribution in [2.24, 2.45) is 5.92 Å². The summed E-state index contributed by atoms with van der Waals surface area (Å²) in [5.74, 6) is 0.653. The maximum atomic E-state index is 12.3. The van der Waals surface area contributed by atoms with Crippen molar-refractivity contribution in [2.75, 3.05) is 11.9 Å². The van der Waals surface area contributed by atoms with Crippen molar-refractivity contribution in [3.63, 3.8) is 0 Å². The topological polar surface area (TPSA) is 62.1 Å². The Labute approximate surface area is 166 Å². The third-order valence-electron chi connectivity index (χ3n) is 4.33. The van der Waals surface area contributed by atoms with Gasteiger partial charge >= 0.3 is 0 Å². The number of hydrogen-bond donors (Lipinski definition) is 1. The lowest BCUT2D eigenvalue weighted by molar-refractivity contribution is -0.118. The summed E-state index contributed by atoms with van der Waals surface area (Å²) >= 11 is 12.8. The van der Waals surface area contributed by atoms with Crippen LogP contribution in [0.3, 0.4) is 0 Å². The van der Waals surface area contributed by atoms with Gasteiger partial charge in [-0.2, -0.15) is 5.26 Å². The number of fused-ring (bicyclic) bond motifs is 1. The molecule has 4 nitrogen and oxygen atoms in total. The minimum atomic E-state index is -0.351. The lowest BCUT2D eigenvalue weighted by Gasteiger charge is -2.23. The number of nitrogens with zero attached hydrogens (tertiary/aromatic N) is 1. The summed E-state index contributed by atoms with van der Waals surface area (Å²) in [7, 11) is 0. The molecule has 0 fully saturated rings. The zero-order chi connectivity index (χ0) is 18.7. The van der Waals surface area contributed by atoms with Gasteiger partial charge in [0.2, 0.25) is 0 Å². The fourth-order valence-electron chi connectivity index (χ4n) is 3.01. The maximum absolute atomic E-state index is 12.3. The Hall–Kier alpha value is -1.94. The van der Waals surface area contributed by atoms with Crippen LogP contribution < -0.4 is 10.1 Å². The van der Waals surface area contributed by atoms with Crippen LogP contribution in [0.15, 0.2) is 24.3 Å². The van der Waals surface area contributed by atoms with Crippen LogP contribution in [-0.4, -0.2) is 12.5 Å². The third kappa shape index (κ3) is 4.07. The highest BCUT2D eigenvalue weighted by molar-refractivity contribution is 7.73. The van der Waals surface area contributed by atoms with Crippen molar-refractivity contribution in [1.29, 1.82) is 5.26 Å². The molecule has 0 saturated carbocycles. The van der Waals surface area contributed by atoms with E-state index in [0.717, 1.165) is 34.2 Å². The number of carbonyl (C=O) groups is 1. The van der Waals surface area contributed by atoms with Crippen molar-refractivity contribution in [1.82, 2.24) is 0 Å². The summed E-state index contributed by atoms with van der Waals surface area (Å²) in [6.07, 6.45) is 2.73. The molecule has 26 heavy (non-hydrogen) atoms. The van der Waals surface area contributed by atoms with Gasteiger partial charge in [-0.05, 0) is 48.4 Å². The molecule has 1 N–H and O–H groups in total. The van der Waals surface area contributed by atoms with Gasteiger partial charge in [0.25, 0.3) is 5.91 Å². The molecule has 1 amide bonds. The van der Waals surface area contributed by atoms with E-state index >= 15 is 0 Å². The fraction of sp³-hybridized carbons (Fsp3) is 0.316. The first-order valence-electron chi connectivity index (χ1n) is 8.25. The summed E-state index contributed by atoms with van der Waals surface area (Å²) in [4.78, 5) is 12.3. The molecule has 0 saturated heterocycles. The maximum Gasteiger partial charge on any atom is 0.262 e. The van der Waals surface area contributed by atoms with Crippen molar-refractivity contribution in [2.45, 2.75) is 26.2 Å². The Morgan fingerprint density at radius 1 is 1.46 bits per heavy atom. The Bertz CT molecular complexity index is 950. The number of anilines is 1. The molecule has 0 aliphatic heterocycles. The van der Waals surface area contributed by atoms with E-state index in [1.807, 2.05) is 0 Å². The molecule has 2 aromatic rings. The minimum Gasteiger partial charge on any atom is -0.482 e. The minimum absolute atomic E-state index is 0.192. The van der Waals surface area contributed by atoms with E-state index in [1.165, 1.54) is 11.3 Å². The third-order valence-corrected chi connectivity index (χ3v) is 6.08. The van der Waals surface area contributed by atoms with Gasteiger partial charge in [-0.15, -0.1) is 11.3 Å². The monoisotopic (exact) mass is 404 g/mol. The SMILES string of the molecule is CC1CCc2c(C#N)c(NC(=O)COc3ccccc3Cl)sc(=S)c2C1. The van der Waals surface area contributed by atoms with Crippen LogP contribution >= 0.6 is 35.2 Å². The van der Waals surface area contributed by atoms with E-state index in [0.29, 0.717) is 27.3 Å². The molecule has 134 valence electrons. The Morgan fingerprint density at radius 2 is 2.23 bits per heavy atom. The van der Waals surface area contributed by atoms with E-state index in [1.54, 1.807) is 24.3 Å². The molecule has 1 aromatic heterocycles. The van der Waals surface area contributed by atoms with Gasteiger partial charge in [0, 0.05) is 0 Å². The van der Waals surface area contributed by atoms with Crippen molar-refractivity contribution < 1.29 is 9.53 Å². The van der Waals surface area contributed by atoms with E-state index < -0.39 is 0 Å². The lowest BCUT2D eigenvalue weighted by atomic mass is 9.85. The Morgan fingerprint density at radius 3 is 2.96 bits per heavy atom. The smallest absolute Gasteiger partial charge is 0.262 e. The number of ether oxygens (including phenoxy) is 1. The largest absolute Gasteiger partial charge is 0.482 e. The van der Waals surface area contributed by atoms with Gasteiger partial charge in [0.1, 0.15) is 16.8 Å². The number of benzene rings is 1. The van der Waals surface area contributed by atoms with Gasteiger partial charge in [-0.25, -0.2) is 0 Å². The summed E-state index contributed by atoms with van der Waals surface area (Å²) < 4.78 is 6.20. The summed E-state index contributed by atoms with van der Waals surface area (Å²) in [5, 5.41) is 13.3. The molecular weight excluding hydrogens is 388 g/mol. The Kier molecular flexibility index (Phi) is 5.92. The van der Waals surface area contributed by atoms with Crippen LogP contribution in [0.25, 0.3) is 0 Å². The molecule has 0 bridgehead atoms. The van der Waals surface area contributed by atoms with E-state index in [4.69, 9.17) is 28.6 Å². The molecule has 1 atom stereocenters. The highest BCUT2D eigenvalue weighted by Crippen LogP contribution is 2.35. The summed E-state index contributed by atoms with van der Waals surface area (Å²) in [6, 6.07) is 9.20.